The number of nitrogens with one attached hydrogen (secondary N) is 1. The van der Waals surface area contributed by atoms with Crippen LogP contribution >= 0.6 is 11.3 Å². The van der Waals surface area contributed by atoms with Crippen LogP contribution in [0.3, 0.4) is 0 Å². The van der Waals surface area contributed by atoms with Crippen LogP contribution in [-0.4, -0.2) is 20.1 Å². The third-order valence-electron chi connectivity index (χ3n) is 2.41. The molecule has 1 N–H and O–H groups in total. The summed E-state index contributed by atoms with van der Waals surface area (Å²) >= 11 is 1.64. The van der Waals surface area contributed by atoms with E-state index in [2.05, 4.69) is 10.1 Å². The highest BCUT2D eigenvalue weighted by Crippen LogP contribution is 2.27. The molecule has 0 fully saturated rings. The molecular formula is C12H13NO3S. The summed E-state index contributed by atoms with van der Waals surface area (Å²) in [4.78, 5) is 12.4. The lowest BCUT2D eigenvalue weighted by molar-refractivity contribution is 0.0562. The van der Waals surface area contributed by atoms with Gasteiger partial charge in [0.15, 0.2) is 0 Å². The molecule has 5 heteroatoms. The molecule has 4 nitrogen and oxygen atoms in total. The fourth-order valence-electron chi connectivity index (χ4n) is 1.60. The van der Waals surface area contributed by atoms with E-state index < -0.39 is 5.97 Å². The Balaban J connectivity index is 2.26. The molecule has 0 aliphatic heterocycles. The third-order valence-corrected chi connectivity index (χ3v) is 3.35. The van der Waals surface area contributed by atoms with E-state index in [4.69, 9.17) is 4.42 Å². The van der Waals surface area contributed by atoms with E-state index in [1.165, 1.54) is 7.11 Å². The van der Waals surface area contributed by atoms with Crippen LogP contribution in [0.1, 0.15) is 27.2 Å². The van der Waals surface area contributed by atoms with Gasteiger partial charge in [-0.05, 0) is 30.6 Å². The van der Waals surface area contributed by atoms with Gasteiger partial charge in [0.1, 0.15) is 11.8 Å². The summed E-state index contributed by atoms with van der Waals surface area (Å²) < 4.78 is 10.1. The average Bonchev–Trinajstić information content (AvgIpc) is 3.00. The minimum Gasteiger partial charge on any atom is -0.463 e. The number of carbonyl (C=O) groups excluding carboxylic acids is 1. The van der Waals surface area contributed by atoms with Crippen LogP contribution in [0.2, 0.25) is 0 Å². The van der Waals surface area contributed by atoms with Crippen LogP contribution in [0.25, 0.3) is 0 Å². The highest BCUT2D eigenvalue weighted by molar-refractivity contribution is 7.10. The zero-order valence-electron chi connectivity index (χ0n) is 9.60. The van der Waals surface area contributed by atoms with Gasteiger partial charge in [-0.25, -0.2) is 4.79 Å². The molecule has 1 atom stereocenters. The molecule has 0 saturated carbocycles. The number of carbonyl (C=O) groups is 1. The standard InChI is InChI=1S/C12H13NO3S/c1-13-11(10-4-3-7-17-10)8-5-6-9(16-8)12(14)15-2/h3-7,11,13H,1-2H3. The SMILES string of the molecule is CNC(c1ccc(C(=O)OC)o1)c1cccs1. The van der Waals surface area contributed by atoms with Crippen LogP contribution in [0.4, 0.5) is 0 Å². The van der Waals surface area contributed by atoms with E-state index in [1.807, 2.05) is 24.6 Å². The molecule has 17 heavy (non-hydrogen) atoms. The van der Waals surface area contributed by atoms with Crippen molar-refractivity contribution in [3.63, 3.8) is 0 Å². The number of rotatable bonds is 4. The molecule has 0 amide bonds. The number of esters is 1. The van der Waals surface area contributed by atoms with Crippen molar-refractivity contribution in [2.75, 3.05) is 14.2 Å². The average molecular weight is 251 g/mol. The predicted octanol–water partition coefficient (Wildman–Crippen LogP) is 2.44. The number of furan rings is 1. The molecular weight excluding hydrogens is 238 g/mol. The van der Waals surface area contributed by atoms with Gasteiger partial charge in [0.2, 0.25) is 5.76 Å². The van der Waals surface area contributed by atoms with E-state index in [9.17, 15) is 4.79 Å². The maximum Gasteiger partial charge on any atom is 0.373 e. The summed E-state index contributed by atoms with van der Waals surface area (Å²) in [7, 11) is 3.18. The molecule has 0 bridgehead atoms. The molecule has 90 valence electrons. The molecule has 0 saturated heterocycles. The normalized spacial score (nSPS) is 12.4. The van der Waals surface area contributed by atoms with Crippen molar-refractivity contribution in [3.05, 3.63) is 46.0 Å². The van der Waals surface area contributed by atoms with Crippen molar-refractivity contribution < 1.29 is 13.9 Å². The topological polar surface area (TPSA) is 51.5 Å². The van der Waals surface area contributed by atoms with E-state index >= 15 is 0 Å². The zero-order valence-corrected chi connectivity index (χ0v) is 10.4. The van der Waals surface area contributed by atoms with Crippen molar-refractivity contribution in [2.24, 2.45) is 0 Å². The lowest BCUT2D eigenvalue weighted by Gasteiger charge is -2.11. The second-order valence-electron chi connectivity index (χ2n) is 3.43. The lowest BCUT2D eigenvalue weighted by Crippen LogP contribution is -2.15. The molecule has 2 rings (SSSR count). The minimum atomic E-state index is -0.461. The highest BCUT2D eigenvalue weighted by Gasteiger charge is 2.19. The first-order chi connectivity index (χ1) is 8.26. The maximum atomic E-state index is 11.3. The van der Waals surface area contributed by atoms with Crippen LogP contribution < -0.4 is 5.32 Å². The molecule has 2 aromatic heterocycles. The van der Waals surface area contributed by atoms with Crippen molar-refractivity contribution >= 4 is 17.3 Å². The van der Waals surface area contributed by atoms with Gasteiger partial charge in [0, 0.05) is 4.88 Å². The summed E-state index contributed by atoms with van der Waals surface area (Å²) in [6, 6.07) is 7.38. The van der Waals surface area contributed by atoms with E-state index in [-0.39, 0.29) is 11.8 Å². The van der Waals surface area contributed by atoms with Crippen molar-refractivity contribution in [3.8, 4) is 0 Å². The van der Waals surface area contributed by atoms with Gasteiger partial charge < -0.3 is 14.5 Å². The van der Waals surface area contributed by atoms with Crippen LogP contribution in [0.5, 0.6) is 0 Å². The summed E-state index contributed by atoms with van der Waals surface area (Å²) in [6.07, 6.45) is 0. The molecule has 0 spiro atoms. The Kier molecular flexibility index (Phi) is 3.61. The van der Waals surface area contributed by atoms with Crippen molar-refractivity contribution in [1.29, 1.82) is 0 Å². The Labute approximate surface area is 103 Å². The molecule has 0 aliphatic rings. The Morgan fingerprint density at radius 3 is 2.88 bits per heavy atom. The number of thiophene rings is 1. The van der Waals surface area contributed by atoms with Crippen molar-refractivity contribution in [2.45, 2.75) is 6.04 Å². The molecule has 0 aromatic carbocycles. The van der Waals surface area contributed by atoms with E-state index in [1.54, 1.807) is 23.5 Å². The Hall–Kier alpha value is -1.59. The first-order valence-electron chi connectivity index (χ1n) is 5.15. The van der Waals surface area contributed by atoms with Crippen LogP contribution in [0.15, 0.2) is 34.1 Å². The van der Waals surface area contributed by atoms with Gasteiger partial charge in [-0.15, -0.1) is 11.3 Å². The fourth-order valence-corrected chi connectivity index (χ4v) is 2.44. The molecule has 0 aliphatic carbocycles. The summed E-state index contributed by atoms with van der Waals surface area (Å²) in [5.74, 6) is 0.465. The maximum absolute atomic E-state index is 11.3. The lowest BCUT2D eigenvalue weighted by atomic mass is 10.2. The number of hydrogen-bond acceptors (Lipinski definition) is 5. The van der Waals surface area contributed by atoms with Gasteiger partial charge in [0.25, 0.3) is 0 Å². The number of methoxy groups -OCH3 is 1. The molecule has 1 unspecified atom stereocenters. The number of ether oxygens (including phenoxy) is 1. The second kappa shape index (κ2) is 5.16. The van der Waals surface area contributed by atoms with E-state index in [0.717, 1.165) is 4.88 Å². The molecule has 0 radical (unpaired) electrons. The van der Waals surface area contributed by atoms with Gasteiger partial charge >= 0.3 is 5.97 Å². The third kappa shape index (κ3) is 2.40. The van der Waals surface area contributed by atoms with Gasteiger partial charge in [-0.2, -0.15) is 0 Å². The van der Waals surface area contributed by atoms with E-state index in [0.29, 0.717) is 5.76 Å². The summed E-state index contributed by atoms with van der Waals surface area (Å²) in [5, 5.41) is 5.16. The summed E-state index contributed by atoms with van der Waals surface area (Å²) in [6.45, 7) is 0. The first-order valence-corrected chi connectivity index (χ1v) is 6.03. The number of hydrogen-bond donors (Lipinski definition) is 1. The monoisotopic (exact) mass is 251 g/mol. The quantitative estimate of drug-likeness (QED) is 0.848. The van der Waals surface area contributed by atoms with Gasteiger partial charge in [-0.3, -0.25) is 0 Å². The predicted molar refractivity (Wildman–Crippen MR) is 65.3 cm³/mol. The van der Waals surface area contributed by atoms with Gasteiger partial charge in [0.05, 0.1) is 7.11 Å². The highest BCUT2D eigenvalue weighted by atomic mass is 32.1. The minimum absolute atomic E-state index is 0.0339. The van der Waals surface area contributed by atoms with Crippen molar-refractivity contribution in [1.82, 2.24) is 5.32 Å². The molecule has 2 aromatic rings. The smallest absolute Gasteiger partial charge is 0.373 e. The molecule has 2 heterocycles. The van der Waals surface area contributed by atoms with Crippen LogP contribution in [0, 0.1) is 0 Å². The summed E-state index contributed by atoms with van der Waals surface area (Å²) in [5.41, 5.74) is 0. The first kappa shape index (κ1) is 11.9. The van der Waals surface area contributed by atoms with Crippen LogP contribution in [-0.2, 0) is 4.74 Å². The Bertz CT molecular complexity index is 490. The van der Waals surface area contributed by atoms with Gasteiger partial charge in [-0.1, -0.05) is 6.07 Å². The fraction of sp³-hybridized carbons (Fsp3) is 0.250. The Morgan fingerprint density at radius 2 is 2.29 bits per heavy atom. The second-order valence-corrected chi connectivity index (χ2v) is 4.41. The Morgan fingerprint density at radius 1 is 1.47 bits per heavy atom. The zero-order chi connectivity index (χ0) is 12.3. The largest absolute Gasteiger partial charge is 0.463 e.